The van der Waals surface area contributed by atoms with Crippen LogP contribution in [0.3, 0.4) is 0 Å². The highest BCUT2D eigenvalue weighted by atomic mass is 32.2. The van der Waals surface area contributed by atoms with Gasteiger partial charge in [0.25, 0.3) is 5.91 Å². The lowest BCUT2D eigenvalue weighted by molar-refractivity contribution is -0.128. The molecule has 0 saturated heterocycles. The van der Waals surface area contributed by atoms with Crippen LogP contribution in [0.4, 0.5) is 0 Å². The first kappa shape index (κ1) is 18.7. The summed E-state index contributed by atoms with van der Waals surface area (Å²) in [6.07, 6.45) is 8.67. The van der Waals surface area contributed by atoms with Crippen molar-refractivity contribution in [2.45, 2.75) is 69.0 Å². The van der Waals surface area contributed by atoms with Crippen LogP contribution in [0.15, 0.2) is 0 Å². The molecule has 0 bridgehead atoms. The number of thioether (sulfide) groups is 1. The van der Waals surface area contributed by atoms with Crippen LogP contribution < -0.4 is 5.48 Å². The molecule has 0 saturated carbocycles. The van der Waals surface area contributed by atoms with E-state index in [1.807, 2.05) is 0 Å². The minimum absolute atomic E-state index is 0.392. The Labute approximate surface area is 119 Å². The highest BCUT2D eigenvalue weighted by Crippen LogP contribution is 2.22. The second-order valence-corrected chi connectivity index (χ2v) is 6.03. The number of rotatable bonds is 12. The van der Waals surface area contributed by atoms with E-state index < -0.39 is 23.2 Å². The Balaban J connectivity index is 3.77. The molecule has 0 aromatic carbocycles. The summed E-state index contributed by atoms with van der Waals surface area (Å²) < 4.78 is 0. The zero-order chi connectivity index (χ0) is 14.5. The molecular weight excluding hydrogens is 266 g/mol. The van der Waals surface area contributed by atoms with E-state index in [0.717, 1.165) is 31.0 Å². The molecule has 2 unspecified atom stereocenters. The number of hydrogen-bond acceptors (Lipinski definition) is 5. The van der Waals surface area contributed by atoms with Crippen LogP contribution in [-0.2, 0) is 4.79 Å². The summed E-state index contributed by atoms with van der Waals surface area (Å²) in [5.74, 6) is -0.511. The number of aliphatic hydroxyl groups excluding tert-OH is 2. The monoisotopic (exact) mass is 293 g/mol. The van der Waals surface area contributed by atoms with E-state index in [1.165, 1.54) is 25.7 Å². The number of nitrogens with one attached hydrogen (secondary N) is 1. The number of aliphatic hydroxyl groups is 2. The van der Waals surface area contributed by atoms with Gasteiger partial charge in [-0.05, 0) is 6.42 Å². The summed E-state index contributed by atoms with van der Waals surface area (Å²) in [7, 11) is 0. The van der Waals surface area contributed by atoms with E-state index in [0.29, 0.717) is 6.42 Å². The van der Waals surface area contributed by atoms with Gasteiger partial charge in [-0.3, -0.25) is 10.0 Å². The van der Waals surface area contributed by atoms with Gasteiger partial charge in [0.15, 0.2) is 0 Å². The van der Waals surface area contributed by atoms with Crippen LogP contribution in [0.25, 0.3) is 0 Å². The van der Waals surface area contributed by atoms with Crippen molar-refractivity contribution in [2.24, 2.45) is 0 Å². The molecular formula is C13H27NO4S. The number of carbonyl (C=O) groups excluding carboxylic acids is 1. The van der Waals surface area contributed by atoms with Crippen LogP contribution in [-0.4, -0.2) is 38.6 Å². The highest BCUT2D eigenvalue weighted by molar-refractivity contribution is 8.01. The van der Waals surface area contributed by atoms with Gasteiger partial charge in [-0.25, -0.2) is 5.48 Å². The molecule has 19 heavy (non-hydrogen) atoms. The number of amides is 1. The zero-order valence-electron chi connectivity index (χ0n) is 11.7. The van der Waals surface area contributed by atoms with Crippen molar-refractivity contribution < 1.29 is 20.2 Å². The highest BCUT2D eigenvalue weighted by Gasteiger charge is 2.21. The first-order chi connectivity index (χ1) is 9.15. The fraction of sp³-hybridized carbons (Fsp3) is 0.923. The summed E-state index contributed by atoms with van der Waals surface area (Å²) in [5.41, 5.74) is 0.631. The minimum atomic E-state index is -0.980. The predicted molar refractivity (Wildman–Crippen MR) is 77.0 cm³/mol. The van der Waals surface area contributed by atoms with Gasteiger partial charge in [0, 0.05) is 0 Å². The second-order valence-electron chi connectivity index (χ2n) is 4.65. The fourth-order valence-corrected chi connectivity index (χ4v) is 2.80. The van der Waals surface area contributed by atoms with Crippen LogP contribution in [0.2, 0.25) is 0 Å². The van der Waals surface area contributed by atoms with E-state index in [-0.39, 0.29) is 0 Å². The maximum absolute atomic E-state index is 11.4. The van der Waals surface area contributed by atoms with Crippen LogP contribution >= 0.6 is 11.8 Å². The fourth-order valence-electron chi connectivity index (χ4n) is 1.85. The Hall–Kier alpha value is -0.300. The van der Waals surface area contributed by atoms with Gasteiger partial charge < -0.3 is 10.2 Å². The standard InChI is InChI=1S/C13H27NO4S/c1-2-3-4-5-6-7-8-9-11(13(17)14-18)19-12(16)10-15/h11-12,15-16,18H,2-10H2,1H3,(H,14,17). The summed E-state index contributed by atoms with van der Waals surface area (Å²) in [4.78, 5) is 11.4. The number of hydrogen-bond donors (Lipinski definition) is 4. The summed E-state index contributed by atoms with van der Waals surface area (Å²) in [5, 5.41) is 26.2. The van der Waals surface area contributed by atoms with Crippen molar-refractivity contribution in [3.63, 3.8) is 0 Å². The summed E-state index contributed by atoms with van der Waals surface area (Å²) >= 11 is 0.983. The lowest BCUT2D eigenvalue weighted by atomic mass is 10.1. The molecule has 0 aliphatic rings. The summed E-state index contributed by atoms with van der Waals surface area (Å²) in [6.45, 7) is 1.79. The third kappa shape index (κ3) is 10.2. The third-order valence-electron chi connectivity index (χ3n) is 2.95. The second kappa shape index (κ2) is 12.7. The average molecular weight is 293 g/mol. The molecule has 0 spiro atoms. The molecule has 0 aromatic heterocycles. The summed E-state index contributed by atoms with van der Waals surface area (Å²) in [6, 6.07) is 0. The van der Waals surface area contributed by atoms with Crippen molar-refractivity contribution >= 4 is 17.7 Å². The smallest absolute Gasteiger partial charge is 0.256 e. The van der Waals surface area contributed by atoms with Crippen molar-refractivity contribution in [3.8, 4) is 0 Å². The number of hydroxylamine groups is 1. The topological polar surface area (TPSA) is 89.8 Å². The molecule has 0 heterocycles. The molecule has 4 N–H and O–H groups in total. The van der Waals surface area contributed by atoms with E-state index in [4.69, 9.17) is 10.3 Å². The number of unbranched alkanes of at least 4 members (excludes halogenated alkanes) is 6. The molecule has 6 heteroatoms. The SMILES string of the molecule is CCCCCCCCCC(SC(O)CO)C(=O)NO. The van der Waals surface area contributed by atoms with Gasteiger partial charge in [-0.15, -0.1) is 11.8 Å². The lowest BCUT2D eigenvalue weighted by Gasteiger charge is -2.16. The Morgan fingerprint density at radius 3 is 2.26 bits per heavy atom. The lowest BCUT2D eigenvalue weighted by Crippen LogP contribution is -2.32. The van der Waals surface area contributed by atoms with Crippen molar-refractivity contribution in [2.75, 3.05) is 6.61 Å². The van der Waals surface area contributed by atoms with E-state index >= 15 is 0 Å². The Morgan fingerprint density at radius 1 is 1.16 bits per heavy atom. The molecule has 0 aliphatic carbocycles. The van der Waals surface area contributed by atoms with Gasteiger partial charge in [-0.2, -0.15) is 0 Å². The molecule has 1 amide bonds. The maximum atomic E-state index is 11.4. The first-order valence-electron chi connectivity index (χ1n) is 7.04. The molecule has 2 atom stereocenters. The van der Waals surface area contributed by atoms with Gasteiger partial charge in [0.05, 0.1) is 11.9 Å². The zero-order valence-corrected chi connectivity index (χ0v) is 12.5. The Bertz CT molecular complexity index is 229. The van der Waals surface area contributed by atoms with Gasteiger partial charge in [-0.1, -0.05) is 51.9 Å². The molecule has 114 valence electrons. The van der Waals surface area contributed by atoms with Crippen LogP contribution in [0.1, 0.15) is 58.3 Å². The predicted octanol–water partition coefficient (Wildman–Crippen LogP) is 2.04. The third-order valence-corrected chi connectivity index (χ3v) is 4.19. The molecule has 0 rings (SSSR count). The maximum Gasteiger partial charge on any atom is 0.256 e. The largest absolute Gasteiger partial charge is 0.393 e. The molecule has 0 aliphatic heterocycles. The molecule has 0 fully saturated rings. The minimum Gasteiger partial charge on any atom is -0.393 e. The Kier molecular flexibility index (Phi) is 12.5. The van der Waals surface area contributed by atoms with Crippen LogP contribution in [0.5, 0.6) is 0 Å². The van der Waals surface area contributed by atoms with Crippen molar-refractivity contribution in [3.05, 3.63) is 0 Å². The average Bonchev–Trinajstić information content (AvgIpc) is 2.43. The number of carbonyl (C=O) groups is 1. The first-order valence-corrected chi connectivity index (χ1v) is 7.98. The van der Waals surface area contributed by atoms with E-state index in [2.05, 4.69) is 6.92 Å². The van der Waals surface area contributed by atoms with Crippen molar-refractivity contribution in [1.82, 2.24) is 5.48 Å². The van der Waals surface area contributed by atoms with Gasteiger partial charge in [0.2, 0.25) is 0 Å². The van der Waals surface area contributed by atoms with Gasteiger partial charge >= 0.3 is 0 Å². The molecule has 0 aromatic rings. The molecule has 5 nitrogen and oxygen atoms in total. The quantitative estimate of drug-likeness (QED) is 0.191. The van der Waals surface area contributed by atoms with Gasteiger partial charge in [0.1, 0.15) is 5.44 Å². The van der Waals surface area contributed by atoms with E-state index in [1.54, 1.807) is 5.48 Å². The van der Waals surface area contributed by atoms with E-state index in [9.17, 15) is 9.90 Å². The van der Waals surface area contributed by atoms with Crippen LogP contribution in [0, 0.1) is 0 Å². The molecule has 0 radical (unpaired) electrons. The Morgan fingerprint density at radius 2 is 1.74 bits per heavy atom. The normalized spacial score (nSPS) is 14.1. The van der Waals surface area contributed by atoms with Crippen molar-refractivity contribution in [1.29, 1.82) is 0 Å².